The summed E-state index contributed by atoms with van der Waals surface area (Å²) in [5.41, 5.74) is 3.10. The van der Waals surface area contributed by atoms with E-state index >= 15 is 0 Å². The molecule has 0 saturated carbocycles. The molecule has 106 valence electrons. The zero-order valence-corrected chi connectivity index (χ0v) is 11.6. The summed E-state index contributed by atoms with van der Waals surface area (Å²) in [6, 6.07) is 5.94. The fraction of sp³-hybridized carbons (Fsp3) is 0.467. The third kappa shape index (κ3) is 2.48. The van der Waals surface area contributed by atoms with Crippen LogP contribution in [0.2, 0.25) is 0 Å². The molecule has 5 nitrogen and oxygen atoms in total. The number of benzene rings is 1. The van der Waals surface area contributed by atoms with Crippen LogP contribution in [-0.2, 0) is 11.2 Å². The predicted molar refractivity (Wildman–Crippen MR) is 76.8 cm³/mol. The molecule has 1 aromatic rings. The van der Waals surface area contributed by atoms with Gasteiger partial charge in [-0.15, -0.1) is 0 Å². The van der Waals surface area contributed by atoms with Crippen LogP contribution in [0, 0.1) is 0 Å². The number of hydrogen-bond acceptors (Lipinski definition) is 3. The predicted octanol–water partition coefficient (Wildman–Crippen LogP) is 1.01. The topological polar surface area (TPSA) is 61.4 Å². The maximum atomic E-state index is 12.5. The van der Waals surface area contributed by atoms with Gasteiger partial charge >= 0.3 is 0 Å². The lowest BCUT2D eigenvalue weighted by atomic mass is 10.1. The Hall–Kier alpha value is -2.04. The van der Waals surface area contributed by atoms with Gasteiger partial charge in [-0.3, -0.25) is 9.59 Å². The standard InChI is InChI=1S/C15H19N3O2/c1-10(19)17-13-5-7-18(9-13)15(20)12-2-3-14-11(8-12)4-6-16-14/h2-3,8,13,16H,4-7,9H2,1H3,(H,17,19). The van der Waals surface area contributed by atoms with Crippen LogP contribution in [-0.4, -0.2) is 42.4 Å². The molecule has 2 aliphatic rings. The Morgan fingerprint density at radius 2 is 2.25 bits per heavy atom. The highest BCUT2D eigenvalue weighted by Gasteiger charge is 2.27. The van der Waals surface area contributed by atoms with Crippen LogP contribution < -0.4 is 10.6 Å². The molecule has 3 rings (SSSR count). The SMILES string of the molecule is CC(=O)NC1CCN(C(=O)c2ccc3c(c2)CCN3)C1. The van der Waals surface area contributed by atoms with Crippen LogP contribution in [0.5, 0.6) is 0 Å². The Bertz CT molecular complexity index is 556. The Balaban J connectivity index is 1.69. The minimum absolute atomic E-state index is 0.0343. The number of amides is 2. The first-order chi connectivity index (χ1) is 9.63. The molecule has 2 N–H and O–H groups in total. The summed E-state index contributed by atoms with van der Waals surface area (Å²) in [5, 5.41) is 6.17. The number of carbonyl (C=O) groups excluding carboxylic acids is 2. The largest absolute Gasteiger partial charge is 0.384 e. The van der Waals surface area contributed by atoms with E-state index in [1.54, 1.807) is 0 Å². The second kappa shape index (κ2) is 5.15. The minimum atomic E-state index is -0.0343. The van der Waals surface area contributed by atoms with Gasteiger partial charge in [0.1, 0.15) is 0 Å². The van der Waals surface area contributed by atoms with E-state index in [-0.39, 0.29) is 17.9 Å². The molecule has 2 heterocycles. The summed E-state index contributed by atoms with van der Waals surface area (Å²) < 4.78 is 0. The summed E-state index contributed by atoms with van der Waals surface area (Å²) in [7, 11) is 0. The van der Waals surface area contributed by atoms with Gasteiger partial charge in [-0.05, 0) is 36.6 Å². The number of rotatable bonds is 2. The van der Waals surface area contributed by atoms with Gasteiger partial charge in [-0.25, -0.2) is 0 Å². The van der Waals surface area contributed by atoms with Crippen molar-refractivity contribution in [3.8, 4) is 0 Å². The molecular weight excluding hydrogens is 254 g/mol. The van der Waals surface area contributed by atoms with Crippen molar-refractivity contribution in [2.45, 2.75) is 25.8 Å². The maximum absolute atomic E-state index is 12.5. The van der Waals surface area contributed by atoms with Crippen molar-refractivity contribution < 1.29 is 9.59 Å². The fourth-order valence-corrected chi connectivity index (χ4v) is 2.97. The first kappa shape index (κ1) is 13.0. The van der Waals surface area contributed by atoms with Crippen LogP contribution in [0.1, 0.15) is 29.3 Å². The van der Waals surface area contributed by atoms with E-state index in [2.05, 4.69) is 10.6 Å². The highest BCUT2D eigenvalue weighted by atomic mass is 16.2. The van der Waals surface area contributed by atoms with Crippen molar-refractivity contribution in [1.29, 1.82) is 0 Å². The van der Waals surface area contributed by atoms with E-state index in [9.17, 15) is 9.59 Å². The molecule has 0 bridgehead atoms. The molecule has 1 fully saturated rings. The molecule has 0 spiro atoms. The van der Waals surface area contributed by atoms with Gasteiger partial charge in [0.2, 0.25) is 5.91 Å². The van der Waals surface area contributed by atoms with Gasteiger partial charge in [0.05, 0.1) is 0 Å². The van der Waals surface area contributed by atoms with Crippen molar-refractivity contribution in [3.63, 3.8) is 0 Å². The Kier molecular flexibility index (Phi) is 3.34. The zero-order chi connectivity index (χ0) is 14.1. The number of nitrogens with one attached hydrogen (secondary N) is 2. The number of carbonyl (C=O) groups is 2. The van der Waals surface area contributed by atoms with Crippen molar-refractivity contribution in [1.82, 2.24) is 10.2 Å². The zero-order valence-electron chi connectivity index (χ0n) is 11.6. The van der Waals surface area contributed by atoms with E-state index in [1.807, 2.05) is 23.1 Å². The van der Waals surface area contributed by atoms with Crippen LogP contribution in [0.3, 0.4) is 0 Å². The van der Waals surface area contributed by atoms with Crippen molar-refractivity contribution in [2.75, 3.05) is 25.0 Å². The first-order valence-electron chi connectivity index (χ1n) is 7.06. The summed E-state index contributed by atoms with van der Waals surface area (Å²) >= 11 is 0. The normalized spacial score (nSPS) is 20.4. The second-order valence-electron chi connectivity index (χ2n) is 5.49. The third-order valence-electron chi connectivity index (χ3n) is 3.94. The van der Waals surface area contributed by atoms with Crippen LogP contribution in [0.4, 0.5) is 5.69 Å². The third-order valence-corrected chi connectivity index (χ3v) is 3.94. The Morgan fingerprint density at radius 1 is 1.40 bits per heavy atom. The molecule has 0 aromatic heterocycles. The molecule has 0 radical (unpaired) electrons. The van der Waals surface area contributed by atoms with E-state index in [0.29, 0.717) is 13.1 Å². The van der Waals surface area contributed by atoms with Gasteiger partial charge in [0.15, 0.2) is 0 Å². The Morgan fingerprint density at radius 3 is 3.05 bits per heavy atom. The molecule has 1 aromatic carbocycles. The maximum Gasteiger partial charge on any atom is 0.253 e. The van der Waals surface area contributed by atoms with Gasteiger partial charge in [-0.2, -0.15) is 0 Å². The smallest absolute Gasteiger partial charge is 0.253 e. The summed E-state index contributed by atoms with van der Waals surface area (Å²) in [5.74, 6) is 0.0282. The number of anilines is 1. The van der Waals surface area contributed by atoms with Gasteiger partial charge in [-0.1, -0.05) is 0 Å². The van der Waals surface area contributed by atoms with Crippen LogP contribution >= 0.6 is 0 Å². The van der Waals surface area contributed by atoms with E-state index in [0.717, 1.165) is 30.6 Å². The highest BCUT2D eigenvalue weighted by Crippen LogP contribution is 2.24. The number of fused-ring (bicyclic) bond motifs is 1. The van der Waals surface area contributed by atoms with Crippen molar-refractivity contribution in [2.24, 2.45) is 0 Å². The summed E-state index contributed by atoms with van der Waals surface area (Å²) in [6.07, 6.45) is 1.81. The molecule has 5 heteroatoms. The minimum Gasteiger partial charge on any atom is -0.384 e. The first-order valence-corrected chi connectivity index (χ1v) is 7.06. The molecule has 2 amide bonds. The lowest BCUT2D eigenvalue weighted by Crippen LogP contribution is -2.37. The van der Waals surface area contributed by atoms with E-state index in [1.165, 1.54) is 12.5 Å². The van der Waals surface area contributed by atoms with E-state index in [4.69, 9.17) is 0 Å². The molecule has 2 aliphatic heterocycles. The molecule has 1 saturated heterocycles. The lowest BCUT2D eigenvalue weighted by Gasteiger charge is -2.17. The fourth-order valence-electron chi connectivity index (χ4n) is 2.97. The molecule has 1 atom stereocenters. The average Bonchev–Trinajstić information content (AvgIpc) is 3.04. The van der Waals surface area contributed by atoms with Crippen molar-refractivity contribution in [3.05, 3.63) is 29.3 Å². The number of nitrogens with zero attached hydrogens (tertiary/aromatic N) is 1. The summed E-state index contributed by atoms with van der Waals surface area (Å²) in [6.45, 7) is 3.77. The van der Waals surface area contributed by atoms with E-state index < -0.39 is 0 Å². The quantitative estimate of drug-likeness (QED) is 0.845. The monoisotopic (exact) mass is 273 g/mol. The number of likely N-dealkylation sites (tertiary alicyclic amines) is 1. The molecule has 1 unspecified atom stereocenters. The lowest BCUT2D eigenvalue weighted by molar-refractivity contribution is -0.119. The number of hydrogen-bond donors (Lipinski definition) is 2. The summed E-state index contributed by atoms with van der Waals surface area (Å²) in [4.78, 5) is 25.3. The van der Waals surface area contributed by atoms with Gasteiger partial charge in [0.25, 0.3) is 5.91 Å². The van der Waals surface area contributed by atoms with Crippen LogP contribution in [0.25, 0.3) is 0 Å². The van der Waals surface area contributed by atoms with Gasteiger partial charge < -0.3 is 15.5 Å². The molecule has 0 aliphatic carbocycles. The van der Waals surface area contributed by atoms with Crippen LogP contribution in [0.15, 0.2) is 18.2 Å². The van der Waals surface area contributed by atoms with Gasteiger partial charge in [0, 0.05) is 43.9 Å². The Labute approximate surface area is 118 Å². The molecule has 20 heavy (non-hydrogen) atoms. The highest BCUT2D eigenvalue weighted by molar-refractivity contribution is 5.95. The second-order valence-corrected chi connectivity index (χ2v) is 5.49. The van der Waals surface area contributed by atoms with Crippen molar-refractivity contribution >= 4 is 17.5 Å². The molecular formula is C15H19N3O2. The average molecular weight is 273 g/mol.